The highest BCUT2D eigenvalue weighted by Crippen LogP contribution is 2.29. The van der Waals surface area contributed by atoms with Gasteiger partial charge in [-0.2, -0.15) is 5.26 Å². The molecule has 0 aromatic heterocycles. The Hall–Kier alpha value is -2.12. The first kappa shape index (κ1) is 15.3. The van der Waals surface area contributed by atoms with Crippen molar-refractivity contribution in [3.05, 3.63) is 53.6 Å². The van der Waals surface area contributed by atoms with Gasteiger partial charge >= 0.3 is 0 Å². The smallest absolute Gasteiger partial charge is 0.103 e. The average molecular weight is 297 g/mol. The van der Waals surface area contributed by atoms with Crippen molar-refractivity contribution in [2.24, 2.45) is 0 Å². The number of nitrogens with zero attached hydrogens (tertiary/aromatic N) is 2. The Labute approximate surface area is 130 Å². The summed E-state index contributed by atoms with van der Waals surface area (Å²) in [5.74, 6) is 0. The van der Waals surface area contributed by atoms with Crippen molar-refractivity contribution in [3.8, 4) is 6.07 Å². The van der Waals surface area contributed by atoms with E-state index in [2.05, 4.69) is 17.9 Å². The summed E-state index contributed by atoms with van der Waals surface area (Å²) >= 11 is 1.60. The minimum absolute atomic E-state index is 0.752. The SMILES string of the molecule is CCN(Cc1ccc(N)cc1)c1cccc(SC)c1C#N. The van der Waals surface area contributed by atoms with Crippen molar-refractivity contribution in [1.82, 2.24) is 0 Å². The predicted octanol–water partition coefficient (Wildman–Crippen LogP) is 3.89. The van der Waals surface area contributed by atoms with Gasteiger partial charge in [-0.1, -0.05) is 18.2 Å². The van der Waals surface area contributed by atoms with Crippen molar-refractivity contribution in [3.63, 3.8) is 0 Å². The number of nitriles is 1. The Kier molecular flexibility index (Phi) is 5.13. The highest BCUT2D eigenvalue weighted by atomic mass is 32.2. The lowest BCUT2D eigenvalue weighted by molar-refractivity contribution is 0.828. The third-order valence-electron chi connectivity index (χ3n) is 3.41. The van der Waals surface area contributed by atoms with E-state index in [9.17, 15) is 5.26 Å². The van der Waals surface area contributed by atoms with E-state index in [4.69, 9.17) is 5.73 Å². The molecule has 2 N–H and O–H groups in total. The van der Waals surface area contributed by atoms with Crippen LogP contribution in [-0.2, 0) is 6.54 Å². The van der Waals surface area contributed by atoms with Crippen LogP contribution >= 0.6 is 11.8 Å². The average Bonchev–Trinajstić information content (AvgIpc) is 2.53. The highest BCUT2D eigenvalue weighted by molar-refractivity contribution is 7.98. The van der Waals surface area contributed by atoms with Gasteiger partial charge in [-0.15, -0.1) is 11.8 Å². The van der Waals surface area contributed by atoms with Crippen LogP contribution in [0.3, 0.4) is 0 Å². The third kappa shape index (κ3) is 3.50. The molecule has 2 rings (SSSR count). The molecule has 0 saturated carbocycles. The van der Waals surface area contributed by atoms with E-state index in [0.29, 0.717) is 0 Å². The van der Waals surface area contributed by atoms with Gasteiger partial charge in [-0.3, -0.25) is 0 Å². The van der Waals surface area contributed by atoms with Gasteiger partial charge in [-0.25, -0.2) is 0 Å². The lowest BCUT2D eigenvalue weighted by Crippen LogP contribution is -2.23. The Morgan fingerprint density at radius 1 is 1.19 bits per heavy atom. The van der Waals surface area contributed by atoms with Crippen molar-refractivity contribution < 1.29 is 0 Å². The first-order valence-corrected chi connectivity index (χ1v) is 8.08. The summed E-state index contributed by atoms with van der Waals surface area (Å²) in [4.78, 5) is 3.23. The molecule has 0 aliphatic rings. The molecule has 0 saturated heterocycles. The van der Waals surface area contributed by atoms with Crippen molar-refractivity contribution >= 4 is 23.1 Å². The van der Waals surface area contributed by atoms with Gasteiger partial charge in [0, 0.05) is 23.7 Å². The molecule has 0 aliphatic heterocycles. The molecule has 108 valence electrons. The van der Waals surface area contributed by atoms with Crippen molar-refractivity contribution in [1.29, 1.82) is 5.26 Å². The molecule has 0 unspecified atom stereocenters. The molecule has 0 amide bonds. The van der Waals surface area contributed by atoms with Crippen molar-refractivity contribution in [2.75, 3.05) is 23.4 Å². The van der Waals surface area contributed by atoms with E-state index < -0.39 is 0 Å². The predicted molar refractivity (Wildman–Crippen MR) is 90.5 cm³/mol. The molecule has 4 heteroatoms. The zero-order chi connectivity index (χ0) is 15.2. The molecule has 0 aliphatic carbocycles. The number of nitrogens with two attached hydrogens (primary N) is 1. The second-order valence-electron chi connectivity index (χ2n) is 4.72. The van der Waals surface area contributed by atoms with Crippen LogP contribution in [0, 0.1) is 11.3 Å². The quantitative estimate of drug-likeness (QED) is 0.672. The maximum Gasteiger partial charge on any atom is 0.103 e. The van der Waals surface area contributed by atoms with Crippen LogP contribution in [0.2, 0.25) is 0 Å². The van der Waals surface area contributed by atoms with Crippen molar-refractivity contribution in [2.45, 2.75) is 18.4 Å². The molecule has 2 aromatic rings. The maximum absolute atomic E-state index is 9.47. The number of rotatable bonds is 5. The second-order valence-corrected chi connectivity index (χ2v) is 5.57. The number of hydrogen-bond acceptors (Lipinski definition) is 4. The monoisotopic (exact) mass is 297 g/mol. The van der Waals surface area contributed by atoms with Crippen LogP contribution in [0.4, 0.5) is 11.4 Å². The number of thioether (sulfide) groups is 1. The Morgan fingerprint density at radius 2 is 1.90 bits per heavy atom. The zero-order valence-corrected chi connectivity index (χ0v) is 13.2. The topological polar surface area (TPSA) is 53.0 Å². The molecule has 21 heavy (non-hydrogen) atoms. The van der Waals surface area contributed by atoms with Gasteiger partial charge in [0.2, 0.25) is 0 Å². The van der Waals surface area contributed by atoms with E-state index in [1.54, 1.807) is 11.8 Å². The van der Waals surface area contributed by atoms with Gasteiger partial charge < -0.3 is 10.6 Å². The standard InChI is InChI=1S/C17H19N3S/c1-3-20(12-13-7-9-14(19)10-8-13)16-5-4-6-17(21-2)15(16)11-18/h4-10H,3,12,19H2,1-2H3. The summed E-state index contributed by atoms with van der Waals surface area (Å²) in [5.41, 5.74) is 9.42. The minimum Gasteiger partial charge on any atom is -0.399 e. The first-order valence-electron chi connectivity index (χ1n) is 6.86. The van der Waals surface area contributed by atoms with Crippen LogP contribution in [0.15, 0.2) is 47.4 Å². The fourth-order valence-electron chi connectivity index (χ4n) is 2.28. The molecule has 0 bridgehead atoms. The van der Waals surface area contributed by atoms with Gasteiger partial charge in [-0.05, 0) is 43.0 Å². The molecule has 2 aromatic carbocycles. The number of hydrogen-bond donors (Lipinski definition) is 1. The van der Waals surface area contributed by atoms with E-state index in [1.165, 1.54) is 5.56 Å². The van der Waals surface area contributed by atoms with Crippen LogP contribution in [0.1, 0.15) is 18.1 Å². The van der Waals surface area contributed by atoms with E-state index >= 15 is 0 Å². The minimum atomic E-state index is 0.752. The Balaban J connectivity index is 2.33. The van der Waals surface area contributed by atoms with Gasteiger partial charge in [0.05, 0.1) is 11.3 Å². The number of anilines is 2. The summed E-state index contributed by atoms with van der Waals surface area (Å²) in [6.45, 7) is 3.71. The van der Waals surface area contributed by atoms with Crippen LogP contribution < -0.4 is 10.6 Å². The third-order valence-corrected chi connectivity index (χ3v) is 4.19. The highest BCUT2D eigenvalue weighted by Gasteiger charge is 2.13. The van der Waals surface area contributed by atoms with E-state index in [-0.39, 0.29) is 0 Å². The van der Waals surface area contributed by atoms with Gasteiger partial charge in [0.1, 0.15) is 6.07 Å². The Morgan fingerprint density at radius 3 is 2.48 bits per heavy atom. The molecule has 0 heterocycles. The summed E-state index contributed by atoms with van der Waals surface area (Å²) < 4.78 is 0. The molecular weight excluding hydrogens is 278 g/mol. The van der Waals surface area contributed by atoms with E-state index in [0.717, 1.165) is 34.9 Å². The summed E-state index contributed by atoms with van der Waals surface area (Å²) in [6.07, 6.45) is 2.00. The molecule has 0 fully saturated rings. The Bertz CT molecular complexity index is 644. The van der Waals surface area contributed by atoms with Gasteiger partial charge in [0.15, 0.2) is 0 Å². The summed E-state index contributed by atoms with van der Waals surface area (Å²) in [6, 6.07) is 16.2. The molecule has 3 nitrogen and oxygen atoms in total. The first-order chi connectivity index (χ1) is 10.2. The lowest BCUT2D eigenvalue weighted by atomic mass is 10.1. The van der Waals surface area contributed by atoms with Crippen LogP contribution in [0.25, 0.3) is 0 Å². The fourth-order valence-corrected chi connectivity index (χ4v) is 2.85. The largest absolute Gasteiger partial charge is 0.399 e. The molecular formula is C17H19N3S. The fraction of sp³-hybridized carbons (Fsp3) is 0.235. The normalized spacial score (nSPS) is 10.1. The van der Waals surface area contributed by atoms with Gasteiger partial charge in [0.25, 0.3) is 0 Å². The van der Waals surface area contributed by atoms with E-state index in [1.807, 2.05) is 48.7 Å². The molecule has 0 atom stereocenters. The molecule has 0 spiro atoms. The van der Waals surface area contributed by atoms with Crippen LogP contribution in [0.5, 0.6) is 0 Å². The lowest BCUT2D eigenvalue weighted by Gasteiger charge is -2.25. The maximum atomic E-state index is 9.47. The zero-order valence-electron chi connectivity index (χ0n) is 12.3. The number of benzene rings is 2. The summed E-state index contributed by atoms with van der Waals surface area (Å²) in [7, 11) is 0. The number of nitrogen functional groups attached to an aromatic ring is 1. The molecule has 0 radical (unpaired) electrons. The summed E-state index contributed by atoms with van der Waals surface area (Å²) in [5, 5.41) is 9.47. The van der Waals surface area contributed by atoms with Crippen LogP contribution in [-0.4, -0.2) is 12.8 Å². The second kappa shape index (κ2) is 7.05.